The van der Waals surface area contributed by atoms with Crippen molar-refractivity contribution in [2.75, 3.05) is 18.9 Å². The molecule has 29 heavy (non-hydrogen) atoms. The van der Waals surface area contributed by atoms with Crippen LogP contribution in [0.1, 0.15) is 43.9 Å². The third-order valence-electron chi connectivity index (χ3n) is 5.96. The number of aromatic carboxylic acids is 1. The summed E-state index contributed by atoms with van der Waals surface area (Å²) in [4.78, 5) is 25.3. The highest BCUT2D eigenvalue weighted by molar-refractivity contribution is 7.21. The summed E-state index contributed by atoms with van der Waals surface area (Å²) in [5.41, 5.74) is 20.7. The fourth-order valence-electron chi connectivity index (χ4n) is 4.30. The maximum absolute atomic E-state index is 13.5. The molecule has 2 atom stereocenters. The molecule has 7 nitrogen and oxygen atoms in total. The standard InChI is InChI=1S/C21H19N3O4S/c22-13-5-4-12-14-15(18(20(26)27)29-17(13)14)16(23)19(25)21(12,24)11-3-1-2-9(6-11)10-7-28-8-10/h1-6,10,16H,7-8,22-24H2,(H,26,27). The van der Waals surface area contributed by atoms with Crippen molar-refractivity contribution >= 4 is 38.9 Å². The van der Waals surface area contributed by atoms with Crippen molar-refractivity contribution in [3.8, 4) is 0 Å². The minimum absolute atomic E-state index is 0.0300. The lowest BCUT2D eigenvalue weighted by Gasteiger charge is -2.37. The van der Waals surface area contributed by atoms with E-state index in [-0.39, 0.29) is 10.8 Å². The van der Waals surface area contributed by atoms with Gasteiger partial charge in [0.25, 0.3) is 0 Å². The summed E-state index contributed by atoms with van der Waals surface area (Å²) in [5.74, 6) is -1.29. The van der Waals surface area contributed by atoms with Gasteiger partial charge in [-0.15, -0.1) is 11.3 Å². The van der Waals surface area contributed by atoms with Crippen LogP contribution in [0.2, 0.25) is 0 Å². The Hall–Kier alpha value is -2.78. The summed E-state index contributed by atoms with van der Waals surface area (Å²) in [7, 11) is 0. The Morgan fingerprint density at radius 3 is 2.66 bits per heavy atom. The molecule has 1 saturated heterocycles. The number of carbonyl (C=O) groups is 2. The Bertz CT molecular complexity index is 1200. The van der Waals surface area contributed by atoms with E-state index in [1.807, 2.05) is 24.3 Å². The number of hydrogen-bond donors (Lipinski definition) is 4. The van der Waals surface area contributed by atoms with Crippen LogP contribution in [-0.2, 0) is 15.1 Å². The minimum Gasteiger partial charge on any atom is -0.477 e. The number of rotatable bonds is 3. The van der Waals surface area contributed by atoms with Crippen LogP contribution in [0.25, 0.3) is 10.1 Å². The number of benzene rings is 2. The average Bonchev–Trinajstić information content (AvgIpc) is 3.06. The summed E-state index contributed by atoms with van der Waals surface area (Å²) in [6, 6.07) is 9.83. The van der Waals surface area contributed by atoms with Crippen molar-refractivity contribution in [2.24, 2.45) is 11.5 Å². The van der Waals surface area contributed by atoms with Gasteiger partial charge in [-0.25, -0.2) is 4.79 Å². The largest absolute Gasteiger partial charge is 0.477 e. The van der Waals surface area contributed by atoms with Gasteiger partial charge in [0, 0.05) is 22.6 Å². The lowest BCUT2D eigenvalue weighted by molar-refractivity contribution is -0.124. The van der Waals surface area contributed by atoms with Gasteiger partial charge in [0.1, 0.15) is 10.4 Å². The van der Waals surface area contributed by atoms with Crippen molar-refractivity contribution in [1.82, 2.24) is 0 Å². The first kappa shape index (κ1) is 18.3. The van der Waals surface area contributed by atoms with Crippen LogP contribution >= 0.6 is 11.3 Å². The summed E-state index contributed by atoms with van der Waals surface area (Å²) in [6.45, 7) is 1.27. The number of nitrogen functional groups attached to an aromatic ring is 1. The monoisotopic (exact) mass is 409 g/mol. The van der Waals surface area contributed by atoms with E-state index in [0.717, 1.165) is 16.9 Å². The van der Waals surface area contributed by atoms with Crippen molar-refractivity contribution in [2.45, 2.75) is 17.5 Å². The van der Waals surface area contributed by atoms with Crippen LogP contribution in [0.3, 0.4) is 0 Å². The van der Waals surface area contributed by atoms with Crippen molar-refractivity contribution in [1.29, 1.82) is 0 Å². The van der Waals surface area contributed by atoms with E-state index < -0.39 is 23.3 Å². The zero-order chi connectivity index (χ0) is 20.5. The molecule has 1 aliphatic heterocycles. The van der Waals surface area contributed by atoms with Gasteiger partial charge in [0.15, 0.2) is 5.78 Å². The lowest BCUT2D eigenvalue weighted by Crippen LogP contribution is -2.52. The maximum Gasteiger partial charge on any atom is 0.346 e. The van der Waals surface area contributed by atoms with Crippen LogP contribution in [0.15, 0.2) is 36.4 Å². The van der Waals surface area contributed by atoms with Crippen LogP contribution < -0.4 is 17.2 Å². The average molecular weight is 409 g/mol. The molecule has 2 aromatic carbocycles. The highest BCUT2D eigenvalue weighted by Crippen LogP contribution is 2.49. The first-order valence-electron chi connectivity index (χ1n) is 9.19. The van der Waals surface area contributed by atoms with Crippen LogP contribution in [0.4, 0.5) is 5.69 Å². The van der Waals surface area contributed by atoms with Gasteiger partial charge in [-0.3, -0.25) is 4.79 Å². The summed E-state index contributed by atoms with van der Waals surface area (Å²) in [6.07, 6.45) is 0. The van der Waals surface area contributed by atoms with E-state index in [0.29, 0.717) is 45.7 Å². The lowest BCUT2D eigenvalue weighted by atomic mass is 9.70. The van der Waals surface area contributed by atoms with E-state index >= 15 is 0 Å². The molecule has 7 N–H and O–H groups in total. The number of carboxylic acid groups (broad SMARTS) is 1. The Labute approximate surface area is 170 Å². The van der Waals surface area contributed by atoms with Gasteiger partial charge in [-0.1, -0.05) is 30.3 Å². The van der Waals surface area contributed by atoms with Gasteiger partial charge in [-0.05, 0) is 22.8 Å². The maximum atomic E-state index is 13.5. The molecule has 2 unspecified atom stereocenters. The van der Waals surface area contributed by atoms with E-state index in [1.54, 1.807) is 12.1 Å². The zero-order valence-electron chi connectivity index (χ0n) is 15.3. The van der Waals surface area contributed by atoms with Crippen molar-refractivity contribution in [3.63, 3.8) is 0 Å². The number of ketones is 1. The molecule has 5 rings (SSSR count). The number of nitrogens with two attached hydrogens (primary N) is 3. The fourth-order valence-corrected chi connectivity index (χ4v) is 5.44. The highest BCUT2D eigenvalue weighted by Gasteiger charge is 2.49. The number of thiophene rings is 1. The molecule has 0 amide bonds. The Morgan fingerprint density at radius 1 is 1.24 bits per heavy atom. The number of ether oxygens (including phenoxy) is 1. The molecule has 0 bridgehead atoms. The Morgan fingerprint density at radius 2 is 2.00 bits per heavy atom. The van der Waals surface area contributed by atoms with E-state index in [4.69, 9.17) is 21.9 Å². The Kier molecular flexibility index (Phi) is 3.85. The van der Waals surface area contributed by atoms with Gasteiger partial charge >= 0.3 is 5.97 Å². The molecule has 1 aromatic heterocycles. The SMILES string of the molecule is Nc1ccc2c3c(c(C(=O)O)sc13)C(N)C(=O)C2(N)c1cccc(C2COC2)c1. The van der Waals surface area contributed by atoms with Crippen LogP contribution in [0.5, 0.6) is 0 Å². The number of anilines is 1. The van der Waals surface area contributed by atoms with E-state index in [2.05, 4.69) is 0 Å². The molecule has 0 saturated carbocycles. The molecule has 0 spiro atoms. The molecule has 1 fully saturated rings. The van der Waals surface area contributed by atoms with Crippen molar-refractivity contribution in [3.05, 3.63) is 63.5 Å². The number of carboxylic acids is 1. The number of Topliss-reactive ketones (excluding diaryl/α,β-unsaturated/α-hetero) is 1. The summed E-state index contributed by atoms with van der Waals surface area (Å²) in [5, 5.41) is 10.2. The summed E-state index contributed by atoms with van der Waals surface area (Å²) >= 11 is 1.03. The molecule has 2 aliphatic rings. The van der Waals surface area contributed by atoms with Crippen LogP contribution in [0, 0.1) is 0 Å². The second-order valence-electron chi connectivity index (χ2n) is 7.57. The normalized spacial score (nSPS) is 23.9. The minimum atomic E-state index is -1.49. The summed E-state index contributed by atoms with van der Waals surface area (Å²) < 4.78 is 5.88. The fraction of sp³-hybridized carbons (Fsp3) is 0.238. The predicted octanol–water partition coefficient (Wildman–Crippen LogP) is 2.08. The molecule has 2 heterocycles. The highest BCUT2D eigenvalue weighted by atomic mass is 32.1. The second-order valence-corrected chi connectivity index (χ2v) is 8.59. The number of carbonyl (C=O) groups excluding carboxylic acids is 1. The topological polar surface area (TPSA) is 142 Å². The van der Waals surface area contributed by atoms with Gasteiger partial charge in [0.05, 0.1) is 24.0 Å². The third kappa shape index (κ3) is 2.34. The zero-order valence-corrected chi connectivity index (χ0v) is 16.2. The first-order valence-corrected chi connectivity index (χ1v) is 10.0. The number of hydrogen-bond acceptors (Lipinski definition) is 7. The molecule has 0 radical (unpaired) electrons. The van der Waals surface area contributed by atoms with Gasteiger partial charge in [-0.2, -0.15) is 0 Å². The molecular weight excluding hydrogens is 390 g/mol. The van der Waals surface area contributed by atoms with Crippen LogP contribution in [-0.4, -0.2) is 30.1 Å². The van der Waals surface area contributed by atoms with E-state index in [1.165, 1.54) is 0 Å². The molecule has 8 heteroatoms. The molecule has 3 aromatic rings. The smallest absolute Gasteiger partial charge is 0.346 e. The Balaban J connectivity index is 1.81. The molecule has 148 valence electrons. The predicted molar refractivity (Wildman–Crippen MR) is 110 cm³/mol. The quantitative estimate of drug-likeness (QED) is 0.485. The van der Waals surface area contributed by atoms with E-state index in [9.17, 15) is 14.7 Å². The van der Waals surface area contributed by atoms with Crippen molar-refractivity contribution < 1.29 is 19.4 Å². The third-order valence-corrected chi connectivity index (χ3v) is 7.20. The molecular formula is C21H19N3O4S. The van der Waals surface area contributed by atoms with Gasteiger partial charge < -0.3 is 27.0 Å². The van der Waals surface area contributed by atoms with Gasteiger partial charge in [0.2, 0.25) is 0 Å². The first-order chi connectivity index (χ1) is 13.8. The second kappa shape index (κ2) is 6.11. The molecule has 1 aliphatic carbocycles.